The second kappa shape index (κ2) is 8.46. The minimum atomic E-state index is 0.493. The molecule has 1 aromatic rings. The van der Waals surface area contributed by atoms with Gasteiger partial charge in [-0.15, -0.1) is 0 Å². The Labute approximate surface area is 131 Å². The molecular weight excluding hydrogens is 378 g/mol. The van der Waals surface area contributed by atoms with Crippen LogP contribution in [0.15, 0.2) is 21.1 Å². The number of hydrogen-bond acceptors (Lipinski definition) is 3. The van der Waals surface area contributed by atoms with Crippen molar-refractivity contribution in [2.45, 2.75) is 26.4 Å². The number of ether oxygens (including phenoxy) is 1. The topological polar surface area (TPSA) is 21.3 Å². The Hall–Kier alpha value is 0.290. The van der Waals surface area contributed by atoms with Crippen LogP contribution in [0.2, 0.25) is 0 Å². The Morgan fingerprint density at radius 1 is 1.39 bits per heavy atom. The van der Waals surface area contributed by atoms with Gasteiger partial charge in [0.1, 0.15) is 5.75 Å². The lowest BCUT2D eigenvalue weighted by Crippen LogP contribution is -2.27. The first-order chi connectivity index (χ1) is 8.58. The van der Waals surface area contributed by atoms with Gasteiger partial charge in [-0.1, -0.05) is 15.9 Å². The molecule has 1 unspecified atom stereocenters. The molecule has 102 valence electrons. The monoisotopic (exact) mass is 395 g/mol. The maximum atomic E-state index is 5.70. The summed E-state index contributed by atoms with van der Waals surface area (Å²) in [5.41, 5.74) is 1.17. The maximum Gasteiger partial charge on any atom is 0.138 e. The van der Waals surface area contributed by atoms with Gasteiger partial charge >= 0.3 is 0 Å². The molecule has 2 nitrogen and oxygen atoms in total. The van der Waals surface area contributed by atoms with E-state index in [0.717, 1.165) is 27.0 Å². The average molecular weight is 397 g/mol. The van der Waals surface area contributed by atoms with Crippen LogP contribution in [0.1, 0.15) is 19.4 Å². The summed E-state index contributed by atoms with van der Waals surface area (Å²) in [6, 6.07) is 4.61. The third kappa shape index (κ3) is 5.11. The second-order valence-electron chi connectivity index (χ2n) is 4.05. The van der Waals surface area contributed by atoms with Crippen molar-refractivity contribution >= 4 is 43.6 Å². The maximum absolute atomic E-state index is 5.70. The van der Waals surface area contributed by atoms with Crippen LogP contribution in [0.5, 0.6) is 5.75 Å². The van der Waals surface area contributed by atoms with Gasteiger partial charge in [0.2, 0.25) is 0 Å². The third-order valence-electron chi connectivity index (χ3n) is 2.43. The summed E-state index contributed by atoms with van der Waals surface area (Å²) < 4.78 is 7.76. The minimum Gasteiger partial charge on any atom is -0.492 e. The van der Waals surface area contributed by atoms with Crippen LogP contribution in [-0.2, 0) is 6.54 Å². The predicted octanol–water partition coefficient (Wildman–Crippen LogP) is 4.45. The van der Waals surface area contributed by atoms with E-state index in [0.29, 0.717) is 12.6 Å². The van der Waals surface area contributed by atoms with E-state index >= 15 is 0 Å². The number of thioether (sulfide) groups is 1. The zero-order valence-corrected chi connectivity index (χ0v) is 14.9. The highest BCUT2D eigenvalue weighted by Crippen LogP contribution is 2.33. The Balaban J connectivity index is 2.79. The Bertz CT molecular complexity index is 387. The fourth-order valence-electron chi connectivity index (χ4n) is 1.64. The predicted molar refractivity (Wildman–Crippen MR) is 87.7 cm³/mol. The number of hydrogen-bond donors (Lipinski definition) is 1. The summed E-state index contributed by atoms with van der Waals surface area (Å²) in [7, 11) is 0. The molecule has 0 heterocycles. The molecule has 0 aliphatic rings. The van der Waals surface area contributed by atoms with Crippen LogP contribution in [0.4, 0.5) is 0 Å². The van der Waals surface area contributed by atoms with E-state index in [4.69, 9.17) is 4.74 Å². The van der Waals surface area contributed by atoms with Crippen LogP contribution in [0.25, 0.3) is 0 Å². The second-order valence-corrected chi connectivity index (χ2v) is 6.73. The van der Waals surface area contributed by atoms with Gasteiger partial charge < -0.3 is 10.1 Å². The smallest absolute Gasteiger partial charge is 0.138 e. The first kappa shape index (κ1) is 16.3. The SMILES string of the molecule is CCOc1c(Br)cc(Br)cc1CNC(C)CSC. The number of halogens is 2. The molecule has 1 atom stereocenters. The molecule has 0 saturated heterocycles. The Morgan fingerprint density at radius 2 is 2.11 bits per heavy atom. The molecule has 0 amide bonds. The Morgan fingerprint density at radius 3 is 2.72 bits per heavy atom. The first-order valence-electron chi connectivity index (χ1n) is 5.91. The molecule has 1 rings (SSSR count). The van der Waals surface area contributed by atoms with Crippen molar-refractivity contribution in [2.24, 2.45) is 0 Å². The molecule has 0 bridgehead atoms. The lowest BCUT2D eigenvalue weighted by atomic mass is 10.2. The van der Waals surface area contributed by atoms with E-state index in [9.17, 15) is 0 Å². The number of rotatable bonds is 7. The molecule has 0 fully saturated rings. The molecular formula is C13H19Br2NOS. The van der Waals surface area contributed by atoms with E-state index < -0.39 is 0 Å². The van der Waals surface area contributed by atoms with E-state index in [2.05, 4.69) is 56.4 Å². The van der Waals surface area contributed by atoms with Gasteiger partial charge in [-0.25, -0.2) is 0 Å². The summed E-state index contributed by atoms with van der Waals surface area (Å²) in [5, 5.41) is 3.51. The van der Waals surface area contributed by atoms with Gasteiger partial charge in [-0.3, -0.25) is 0 Å². The van der Waals surface area contributed by atoms with Crippen molar-refractivity contribution in [2.75, 3.05) is 18.6 Å². The largest absolute Gasteiger partial charge is 0.492 e. The van der Waals surface area contributed by atoms with Crippen LogP contribution < -0.4 is 10.1 Å². The van der Waals surface area contributed by atoms with Crippen LogP contribution in [0, 0.1) is 0 Å². The molecule has 0 radical (unpaired) electrons. The standard InChI is InChI=1S/C13H19Br2NOS/c1-4-17-13-10(5-11(14)6-12(13)15)7-16-9(2)8-18-3/h5-6,9,16H,4,7-8H2,1-3H3. The fraction of sp³-hybridized carbons (Fsp3) is 0.538. The summed E-state index contributed by atoms with van der Waals surface area (Å²) in [4.78, 5) is 0. The molecule has 0 aliphatic heterocycles. The molecule has 0 aliphatic carbocycles. The lowest BCUT2D eigenvalue weighted by molar-refractivity contribution is 0.333. The molecule has 18 heavy (non-hydrogen) atoms. The van der Waals surface area contributed by atoms with Crippen molar-refractivity contribution < 1.29 is 4.74 Å². The van der Waals surface area contributed by atoms with Gasteiger partial charge in [0.05, 0.1) is 11.1 Å². The normalized spacial score (nSPS) is 12.5. The zero-order valence-electron chi connectivity index (χ0n) is 10.9. The number of nitrogens with one attached hydrogen (secondary N) is 1. The highest BCUT2D eigenvalue weighted by atomic mass is 79.9. The summed E-state index contributed by atoms with van der Waals surface area (Å²) >= 11 is 8.92. The lowest BCUT2D eigenvalue weighted by Gasteiger charge is -2.16. The van der Waals surface area contributed by atoms with Gasteiger partial charge in [0, 0.05) is 28.4 Å². The van der Waals surface area contributed by atoms with Crippen LogP contribution >= 0.6 is 43.6 Å². The highest BCUT2D eigenvalue weighted by molar-refractivity contribution is 9.11. The average Bonchev–Trinajstić information content (AvgIpc) is 2.31. The summed E-state index contributed by atoms with van der Waals surface area (Å²) in [5.74, 6) is 2.05. The van der Waals surface area contributed by atoms with Gasteiger partial charge in [-0.2, -0.15) is 11.8 Å². The van der Waals surface area contributed by atoms with Crippen molar-refractivity contribution in [1.29, 1.82) is 0 Å². The van der Waals surface area contributed by atoms with E-state index in [1.807, 2.05) is 24.8 Å². The van der Waals surface area contributed by atoms with E-state index in [1.54, 1.807) is 0 Å². The summed E-state index contributed by atoms with van der Waals surface area (Å²) in [6.45, 7) is 5.69. The van der Waals surface area contributed by atoms with Crippen molar-refractivity contribution in [3.05, 3.63) is 26.6 Å². The number of benzene rings is 1. The minimum absolute atomic E-state index is 0.493. The molecule has 0 aromatic heterocycles. The molecule has 0 spiro atoms. The van der Waals surface area contributed by atoms with Crippen molar-refractivity contribution in [3.8, 4) is 5.75 Å². The van der Waals surface area contributed by atoms with E-state index in [-0.39, 0.29) is 0 Å². The molecule has 1 N–H and O–H groups in total. The van der Waals surface area contributed by atoms with E-state index in [1.165, 1.54) is 5.56 Å². The fourth-order valence-corrected chi connectivity index (χ4v) is 3.69. The quantitative estimate of drug-likeness (QED) is 0.735. The van der Waals surface area contributed by atoms with Crippen molar-refractivity contribution in [3.63, 3.8) is 0 Å². The Kier molecular flexibility index (Phi) is 7.68. The molecule has 5 heteroatoms. The zero-order chi connectivity index (χ0) is 13.5. The highest BCUT2D eigenvalue weighted by Gasteiger charge is 2.11. The first-order valence-corrected chi connectivity index (χ1v) is 8.89. The molecule has 0 saturated carbocycles. The van der Waals surface area contributed by atoms with Crippen molar-refractivity contribution in [1.82, 2.24) is 5.32 Å². The van der Waals surface area contributed by atoms with Gasteiger partial charge in [-0.05, 0) is 48.2 Å². The van der Waals surface area contributed by atoms with Gasteiger partial charge in [0.15, 0.2) is 0 Å². The van der Waals surface area contributed by atoms with Crippen LogP contribution in [-0.4, -0.2) is 24.7 Å². The van der Waals surface area contributed by atoms with Crippen LogP contribution in [0.3, 0.4) is 0 Å². The third-order valence-corrected chi connectivity index (χ3v) is 4.31. The molecule has 1 aromatic carbocycles. The summed E-state index contributed by atoms with van der Waals surface area (Å²) in [6.07, 6.45) is 2.12. The van der Waals surface area contributed by atoms with Gasteiger partial charge in [0.25, 0.3) is 0 Å².